The fourth-order valence-corrected chi connectivity index (χ4v) is 2.50. The minimum atomic E-state index is 0.603. The SMILES string of the molecule is CCNC(=NCC(C)CN1CCCCC1)NCCOC. The summed E-state index contributed by atoms with van der Waals surface area (Å²) < 4.78 is 5.04. The van der Waals surface area contributed by atoms with E-state index in [9.17, 15) is 0 Å². The van der Waals surface area contributed by atoms with Crippen LogP contribution in [0, 0.1) is 5.92 Å². The molecule has 1 aliphatic rings. The molecule has 1 fully saturated rings. The van der Waals surface area contributed by atoms with Crippen molar-refractivity contribution < 1.29 is 4.74 Å². The van der Waals surface area contributed by atoms with E-state index < -0.39 is 0 Å². The van der Waals surface area contributed by atoms with E-state index in [4.69, 9.17) is 4.74 Å². The van der Waals surface area contributed by atoms with Crippen molar-refractivity contribution in [2.75, 3.05) is 53.0 Å². The molecule has 2 N–H and O–H groups in total. The smallest absolute Gasteiger partial charge is 0.191 e. The number of ether oxygens (including phenoxy) is 1. The second kappa shape index (κ2) is 10.9. The van der Waals surface area contributed by atoms with Crippen LogP contribution in [0.25, 0.3) is 0 Å². The molecule has 118 valence electrons. The molecule has 1 aliphatic heterocycles. The average molecular weight is 284 g/mol. The van der Waals surface area contributed by atoms with Gasteiger partial charge in [-0.05, 0) is 38.8 Å². The highest BCUT2D eigenvalue weighted by molar-refractivity contribution is 5.79. The molecular formula is C15H32N4O. The summed E-state index contributed by atoms with van der Waals surface area (Å²) >= 11 is 0. The van der Waals surface area contributed by atoms with Crippen molar-refractivity contribution in [3.05, 3.63) is 0 Å². The molecule has 5 heteroatoms. The molecule has 0 bridgehead atoms. The first-order valence-electron chi connectivity index (χ1n) is 7.99. The predicted molar refractivity (Wildman–Crippen MR) is 85.3 cm³/mol. The lowest BCUT2D eigenvalue weighted by atomic mass is 10.1. The van der Waals surface area contributed by atoms with Crippen molar-refractivity contribution in [2.45, 2.75) is 33.1 Å². The molecule has 0 aromatic carbocycles. The van der Waals surface area contributed by atoms with Gasteiger partial charge < -0.3 is 20.3 Å². The summed E-state index contributed by atoms with van der Waals surface area (Å²) in [6.07, 6.45) is 4.12. The van der Waals surface area contributed by atoms with Crippen LogP contribution >= 0.6 is 0 Å². The van der Waals surface area contributed by atoms with Crippen LogP contribution in [0.2, 0.25) is 0 Å². The van der Waals surface area contributed by atoms with E-state index in [1.807, 2.05) is 0 Å². The van der Waals surface area contributed by atoms with Gasteiger partial charge in [0.2, 0.25) is 0 Å². The van der Waals surface area contributed by atoms with Crippen molar-refractivity contribution in [1.82, 2.24) is 15.5 Å². The number of aliphatic imine (C=N–C) groups is 1. The molecule has 0 saturated carbocycles. The number of methoxy groups -OCH3 is 1. The molecule has 0 aliphatic carbocycles. The lowest BCUT2D eigenvalue weighted by molar-refractivity contribution is 0.202. The Kier molecular flexibility index (Phi) is 9.41. The van der Waals surface area contributed by atoms with Crippen LogP contribution in [0.3, 0.4) is 0 Å². The molecule has 20 heavy (non-hydrogen) atoms. The zero-order valence-corrected chi connectivity index (χ0v) is 13.5. The van der Waals surface area contributed by atoms with Crippen molar-refractivity contribution >= 4 is 5.96 Å². The van der Waals surface area contributed by atoms with Gasteiger partial charge >= 0.3 is 0 Å². The third kappa shape index (κ3) is 7.70. The average Bonchev–Trinajstić information content (AvgIpc) is 2.46. The van der Waals surface area contributed by atoms with Crippen LogP contribution in [-0.2, 0) is 4.74 Å². The lowest BCUT2D eigenvalue weighted by Crippen LogP contribution is -2.39. The van der Waals surface area contributed by atoms with Crippen molar-refractivity contribution in [3.63, 3.8) is 0 Å². The Morgan fingerprint density at radius 3 is 2.65 bits per heavy atom. The molecule has 0 spiro atoms. The van der Waals surface area contributed by atoms with Crippen LogP contribution in [0.1, 0.15) is 33.1 Å². The highest BCUT2D eigenvalue weighted by Gasteiger charge is 2.13. The quantitative estimate of drug-likeness (QED) is 0.401. The standard InChI is InChI=1S/C15H32N4O/c1-4-16-15(17-8-11-20-3)18-12-14(2)13-19-9-6-5-7-10-19/h14H,4-13H2,1-3H3,(H2,16,17,18). The van der Waals surface area contributed by atoms with Crippen LogP contribution < -0.4 is 10.6 Å². The summed E-state index contributed by atoms with van der Waals surface area (Å²) in [6, 6.07) is 0. The molecule has 0 amide bonds. The van der Waals surface area contributed by atoms with Crippen LogP contribution in [0.5, 0.6) is 0 Å². The molecular weight excluding hydrogens is 252 g/mol. The highest BCUT2D eigenvalue weighted by Crippen LogP contribution is 2.10. The Labute approximate surface area is 124 Å². The Bertz CT molecular complexity index is 265. The van der Waals surface area contributed by atoms with Gasteiger partial charge in [0.25, 0.3) is 0 Å². The first-order chi connectivity index (χ1) is 9.76. The Hall–Kier alpha value is -0.810. The fourth-order valence-electron chi connectivity index (χ4n) is 2.50. The minimum absolute atomic E-state index is 0.603. The summed E-state index contributed by atoms with van der Waals surface area (Å²) in [5.74, 6) is 1.50. The summed E-state index contributed by atoms with van der Waals surface area (Å²) in [4.78, 5) is 7.24. The van der Waals surface area contributed by atoms with Gasteiger partial charge in [0.15, 0.2) is 5.96 Å². The number of hydrogen-bond acceptors (Lipinski definition) is 3. The molecule has 0 radical (unpaired) electrons. The molecule has 1 rings (SSSR count). The van der Waals surface area contributed by atoms with E-state index in [0.29, 0.717) is 12.5 Å². The summed E-state index contributed by atoms with van der Waals surface area (Å²) in [5.41, 5.74) is 0. The molecule has 1 unspecified atom stereocenters. The topological polar surface area (TPSA) is 48.9 Å². The number of nitrogens with zero attached hydrogens (tertiary/aromatic N) is 2. The van der Waals surface area contributed by atoms with E-state index in [2.05, 4.69) is 34.4 Å². The molecule has 5 nitrogen and oxygen atoms in total. The van der Waals surface area contributed by atoms with Gasteiger partial charge in [0.1, 0.15) is 0 Å². The third-order valence-electron chi connectivity index (χ3n) is 3.52. The fraction of sp³-hybridized carbons (Fsp3) is 0.933. The number of piperidine rings is 1. The van der Waals surface area contributed by atoms with E-state index in [1.54, 1.807) is 7.11 Å². The van der Waals surface area contributed by atoms with Gasteiger partial charge in [-0.15, -0.1) is 0 Å². The van der Waals surface area contributed by atoms with Gasteiger partial charge in [-0.2, -0.15) is 0 Å². The first-order valence-corrected chi connectivity index (χ1v) is 7.99. The maximum absolute atomic E-state index is 5.04. The number of hydrogen-bond donors (Lipinski definition) is 2. The van der Waals surface area contributed by atoms with Crippen LogP contribution in [-0.4, -0.2) is 63.8 Å². The number of likely N-dealkylation sites (tertiary alicyclic amines) is 1. The van der Waals surface area contributed by atoms with E-state index in [0.717, 1.165) is 25.6 Å². The largest absolute Gasteiger partial charge is 0.383 e. The molecule has 0 aromatic heterocycles. The monoisotopic (exact) mass is 284 g/mol. The van der Waals surface area contributed by atoms with Crippen LogP contribution in [0.4, 0.5) is 0 Å². The summed E-state index contributed by atoms with van der Waals surface area (Å²) in [5, 5.41) is 6.55. The molecule has 0 aromatic rings. The van der Waals surface area contributed by atoms with E-state index >= 15 is 0 Å². The van der Waals surface area contributed by atoms with Gasteiger partial charge in [-0.25, -0.2) is 0 Å². The minimum Gasteiger partial charge on any atom is -0.383 e. The Morgan fingerprint density at radius 2 is 2.00 bits per heavy atom. The number of rotatable bonds is 8. The second-order valence-corrected chi connectivity index (χ2v) is 5.61. The Balaban J connectivity index is 2.28. The van der Waals surface area contributed by atoms with Gasteiger partial charge in [-0.1, -0.05) is 13.3 Å². The normalized spacial score (nSPS) is 18.9. The Morgan fingerprint density at radius 1 is 1.25 bits per heavy atom. The van der Waals surface area contributed by atoms with Gasteiger partial charge in [0.05, 0.1) is 6.61 Å². The maximum atomic E-state index is 5.04. The molecule has 1 heterocycles. The highest BCUT2D eigenvalue weighted by atomic mass is 16.5. The molecule has 1 saturated heterocycles. The third-order valence-corrected chi connectivity index (χ3v) is 3.52. The first kappa shape index (κ1) is 17.2. The lowest BCUT2D eigenvalue weighted by Gasteiger charge is -2.28. The second-order valence-electron chi connectivity index (χ2n) is 5.61. The van der Waals surface area contributed by atoms with E-state index in [1.165, 1.54) is 38.9 Å². The van der Waals surface area contributed by atoms with Crippen molar-refractivity contribution in [3.8, 4) is 0 Å². The number of nitrogens with one attached hydrogen (secondary N) is 2. The summed E-state index contributed by atoms with van der Waals surface area (Å²) in [6.45, 7) is 11.3. The van der Waals surface area contributed by atoms with Crippen molar-refractivity contribution in [2.24, 2.45) is 10.9 Å². The number of guanidine groups is 1. The summed E-state index contributed by atoms with van der Waals surface area (Å²) in [7, 11) is 1.71. The zero-order valence-electron chi connectivity index (χ0n) is 13.5. The zero-order chi connectivity index (χ0) is 14.6. The van der Waals surface area contributed by atoms with Gasteiger partial charge in [0, 0.05) is 33.3 Å². The predicted octanol–water partition coefficient (Wildman–Crippen LogP) is 1.31. The van der Waals surface area contributed by atoms with E-state index in [-0.39, 0.29) is 0 Å². The van der Waals surface area contributed by atoms with Gasteiger partial charge in [-0.3, -0.25) is 4.99 Å². The van der Waals surface area contributed by atoms with Crippen molar-refractivity contribution in [1.29, 1.82) is 0 Å². The maximum Gasteiger partial charge on any atom is 0.191 e. The van der Waals surface area contributed by atoms with Crippen LogP contribution in [0.15, 0.2) is 4.99 Å². The molecule has 1 atom stereocenters.